The molecule has 7 nitrogen and oxygen atoms in total. The van der Waals surface area contributed by atoms with Gasteiger partial charge in [0.25, 0.3) is 5.56 Å². The van der Waals surface area contributed by atoms with E-state index in [0.29, 0.717) is 20.8 Å². The lowest BCUT2D eigenvalue weighted by Crippen LogP contribution is -2.23. The maximum atomic E-state index is 12.5. The van der Waals surface area contributed by atoms with Gasteiger partial charge in [0, 0.05) is 13.0 Å². The second kappa shape index (κ2) is 7.49. The molecule has 0 saturated heterocycles. The zero-order valence-corrected chi connectivity index (χ0v) is 15.1. The Morgan fingerprint density at radius 3 is 2.85 bits per heavy atom. The molecular formula is C18H17N3O4S. The Kier molecular flexibility index (Phi) is 5.13. The highest BCUT2D eigenvalue weighted by Crippen LogP contribution is 2.22. The van der Waals surface area contributed by atoms with Gasteiger partial charge in [0.1, 0.15) is 4.88 Å². The summed E-state index contributed by atoms with van der Waals surface area (Å²) in [6, 6.07) is 8.67. The SMILES string of the molecule is COC(=O)c1ccc(NC(=O)CCn2cnc3c(C)cccc3c2=O)s1. The lowest BCUT2D eigenvalue weighted by atomic mass is 10.1. The van der Waals surface area contributed by atoms with Gasteiger partial charge < -0.3 is 10.1 Å². The van der Waals surface area contributed by atoms with Crippen LogP contribution in [0.25, 0.3) is 10.9 Å². The summed E-state index contributed by atoms with van der Waals surface area (Å²) < 4.78 is 6.06. The molecule has 0 atom stereocenters. The van der Waals surface area contributed by atoms with Crippen LogP contribution in [0.4, 0.5) is 5.00 Å². The number of hydrogen-bond donors (Lipinski definition) is 1. The van der Waals surface area contributed by atoms with E-state index in [4.69, 9.17) is 0 Å². The molecule has 3 rings (SSSR count). The van der Waals surface area contributed by atoms with E-state index in [1.807, 2.05) is 19.1 Å². The third-order valence-corrected chi connectivity index (χ3v) is 4.87. The van der Waals surface area contributed by atoms with Crippen molar-refractivity contribution < 1.29 is 14.3 Å². The van der Waals surface area contributed by atoms with Crippen LogP contribution in [0.1, 0.15) is 21.7 Å². The highest BCUT2D eigenvalue weighted by Gasteiger charge is 2.12. The van der Waals surface area contributed by atoms with Gasteiger partial charge in [-0.1, -0.05) is 12.1 Å². The summed E-state index contributed by atoms with van der Waals surface area (Å²) >= 11 is 1.13. The van der Waals surface area contributed by atoms with E-state index in [1.165, 1.54) is 18.0 Å². The topological polar surface area (TPSA) is 90.3 Å². The molecule has 0 fully saturated rings. The third kappa shape index (κ3) is 3.65. The summed E-state index contributed by atoms with van der Waals surface area (Å²) in [5.74, 6) is -0.695. The zero-order chi connectivity index (χ0) is 18.7. The number of amides is 1. The van der Waals surface area contributed by atoms with Gasteiger partial charge in [0.2, 0.25) is 5.91 Å². The monoisotopic (exact) mass is 371 g/mol. The van der Waals surface area contributed by atoms with E-state index in [9.17, 15) is 14.4 Å². The molecule has 0 unspecified atom stereocenters. The summed E-state index contributed by atoms with van der Waals surface area (Å²) in [5.41, 5.74) is 1.44. The maximum Gasteiger partial charge on any atom is 0.348 e. The molecular weight excluding hydrogens is 354 g/mol. The van der Waals surface area contributed by atoms with E-state index in [-0.39, 0.29) is 24.4 Å². The number of benzene rings is 1. The van der Waals surface area contributed by atoms with Crippen LogP contribution in [0.15, 0.2) is 41.5 Å². The van der Waals surface area contributed by atoms with E-state index in [1.54, 1.807) is 18.2 Å². The minimum absolute atomic E-state index is 0.115. The number of aryl methyl sites for hydroxylation is 2. The molecule has 0 radical (unpaired) electrons. The Labute approximate surface area is 153 Å². The molecule has 2 heterocycles. The number of ether oxygens (including phenoxy) is 1. The van der Waals surface area contributed by atoms with Crippen LogP contribution in [-0.2, 0) is 16.1 Å². The standard InChI is InChI=1S/C18H17N3O4S/c1-11-4-3-5-12-16(11)19-10-21(17(12)23)9-8-14(22)20-15-7-6-13(26-15)18(24)25-2/h3-7,10H,8-9H2,1-2H3,(H,20,22). The Hall–Kier alpha value is -3.00. The van der Waals surface area contributed by atoms with Crippen molar-refractivity contribution in [3.05, 3.63) is 57.5 Å². The van der Waals surface area contributed by atoms with Crippen LogP contribution in [0, 0.1) is 6.92 Å². The average molecular weight is 371 g/mol. The Bertz CT molecular complexity index is 1040. The van der Waals surface area contributed by atoms with Crippen LogP contribution >= 0.6 is 11.3 Å². The quantitative estimate of drug-likeness (QED) is 0.696. The van der Waals surface area contributed by atoms with Gasteiger partial charge in [-0.3, -0.25) is 14.2 Å². The van der Waals surface area contributed by atoms with Crippen molar-refractivity contribution in [3.8, 4) is 0 Å². The summed E-state index contributed by atoms with van der Waals surface area (Å²) in [7, 11) is 1.30. The van der Waals surface area contributed by atoms with E-state index in [2.05, 4.69) is 15.0 Å². The average Bonchev–Trinajstić information content (AvgIpc) is 3.09. The van der Waals surface area contributed by atoms with Crippen molar-refractivity contribution in [2.75, 3.05) is 12.4 Å². The Morgan fingerprint density at radius 2 is 2.08 bits per heavy atom. The Balaban J connectivity index is 1.67. The summed E-state index contributed by atoms with van der Waals surface area (Å²) in [6.45, 7) is 2.12. The van der Waals surface area contributed by atoms with Crippen molar-refractivity contribution in [1.29, 1.82) is 0 Å². The summed E-state index contributed by atoms with van der Waals surface area (Å²) in [5, 5.41) is 3.80. The van der Waals surface area contributed by atoms with Gasteiger partial charge >= 0.3 is 5.97 Å². The van der Waals surface area contributed by atoms with Crippen LogP contribution in [0.2, 0.25) is 0 Å². The van der Waals surface area contributed by atoms with Crippen molar-refractivity contribution in [3.63, 3.8) is 0 Å². The molecule has 1 aromatic carbocycles. The minimum atomic E-state index is -0.445. The predicted octanol–water partition coefficient (Wildman–Crippen LogP) is 2.58. The fourth-order valence-corrected chi connectivity index (χ4v) is 3.37. The van der Waals surface area contributed by atoms with Gasteiger partial charge in [-0.2, -0.15) is 0 Å². The van der Waals surface area contributed by atoms with Crippen LogP contribution in [0.3, 0.4) is 0 Å². The number of carbonyl (C=O) groups is 2. The number of carbonyl (C=O) groups excluding carboxylic acids is 2. The molecule has 0 spiro atoms. The molecule has 134 valence electrons. The lowest BCUT2D eigenvalue weighted by Gasteiger charge is -2.07. The van der Waals surface area contributed by atoms with Crippen molar-refractivity contribution >= 4 is 39.1 Å². The van der Waals surface area contributed by atoms with Gasteiger partial charge in [-0.15, -0.1) is 11.3 Å². The maximum absolute atomic E-state index is 12.5. The highest BCUT2D eigenvalue weighted by molar-refractivity contribution is 7.18. The van der Waals surface area contributed by atoms with Crippen molar-refractivity contribution in [2.24, 2.45) is 0 Å². The fourth-order valence-electron chi connectivity index (χ4n) is 2.53. The molecule has 0 aliphatic heterocycles. The molecule has 0 saturated carbocycles. The summed E-state index contributed by atoms with van der Waals surface area (Å²) in [4.78, 5) is 40.8. The van der Waals surface area contributed by atoms with E-state index in [0.717, 1.165) is 16.9 Å². The van der Waals surface area contributed by atoms with Crippen LogP contribution in [-0.4, -0.2) is 28.5 Å². The number of nitrogens with one attached hydrogen (secondary N) is 1. The van der Waals surface area contributed by atoms with E-state index < -0.39 is 5.97 Å². The number of hydrogen-bond acceptors (Lipinski definition) is 6. The first-order valence-electron chi connectivity index (χ1n) is 7.92. The van der Waals surface area contributed by atoms with Crippen molar-refractivity contribution in [1.82, 2.24) is 9.55 Å². The largest absolute Gasteiger partial charge is 0.465 e. The smallest absolute Gasteiger partial charge is 0.348 e. The number of fused-ring (bicyclic) bond motifs is 1. The van der Waals surface area contributed by atoms with Gasteiger partial charge in [0.15, 0.2) is 0 Å². The number of rotatable bonds is 5. The first-order valence-corrected chi connectivity index (χ1v) is 8.74. The minimum Gasteiger partial charge on any atom is -0.465 e. The van der Waals surface area contributed by atoms with Gasteiger partial charge in [-0.05, 0) is 30.7 Å². The molecule has 26 heavy (non-hydrogen) atoms. The van der Waals surface area contributed by atoms with Crippen LogP contribution < -0.4 is 10.9 Å². The molecule has 0 bridgehead atoms. The number of thiophene rings is 1. The number of aromatic nitrogens is 2. The number of methoxy groups -OCH3 is 1. The summed E-state index contributed by atoms with van der Waals surface area (Å²) in [6.07, 6.45) is 1.58. The molecule has 0 aliphatic carbocycles. The molecule has 2 aromatic heterocycles. The van der Waals surface area contributed by atoms with E-state index >= 15 is 0 Å². The fraction of sp³-hybridized carbons (Fsp3) is 0.222. The molecule has 8 heteroatoms. The second-order valence-electron chi connectivity index (χ2n) is 5.67. The molecule has 3 aromatic rings. The van der Waals surface area contributed by atoms with Gasteiger partial charge in [0.05, 0.1) is 29.3 Å². The van der Waals surface area contributed by atoms with Crippen LogP contribution in [0.5, 0.6) is 0 Å². The third-order valence-electron chi connectivity index (χ3n) is 3.89. The molecule has 0 aliphatic rings. The molecule has 1 amide bonds. The zero-order valence-electron chi connectivity index (χ0n) is 14.3. The number of esters is 1. The number of anilines is 1. The first-order chi connectivity index (χ1) is 12.5. The Morgan fingerprint density at radius 1 is 1.27 bits per heavy atom. The van der Waals surface area contributed by atoms with Crippen molar-refractivity contribution in [2.45, 2.75) is 19.9 Å². The normalized spacial score (nSPS) is 10.7. The second-order valence-corrected chi connectivity index (χ2v) is 6.75. The molecule has 1 N–H and O–H groups in total. The number of para-hydroxylation sites is 1. The van der Waals surface area contributed by atoms with Gasteiger partial charge in [-0.25, -0.2) is 9.78 Å². The highest BCUT2D eigenvalue weighted by atomic mass is 32.1. The predicted molar refractivity (Wildman–Crippen MR) is 99.6 cm³/mol. The lowest BCUT2D eigenvalue weighted by molar-refractivity contribution is -0.116. The number of nitrogens with zero attached hydrogens (tertiary/aromatic N) is 2. The first kappa shape index (κ1) is 17.8.